The number of hydrogen-bond acceptors (Lipinski definition) is 3. The molecule has 1 aromatic heterocycles. The lowest BCUT2D eigenvalue weighted by atomic mass is 10.3. The van der Waals surface area contributed by atoms with Crippen molar-refractivity contribution in [2.75, 3.05) is 0 Å². The molecule has 0 saturated heterocycles. The van der Waals surface area contributed by atoms with E-state index in [1.54, 1.807) is 12.1 Å². The molecule has 1 N–H and O–H groups in total. The van der Waals surface area contributed by atoms with Gasteiger partial charge in [-0.1, -0.05) is 6.92 Å². The molecule has 1 heterocycles. The third kappa shape index (κ3) is 3.79. The predicted octanol–water partition coefficient (Wildman–Crippen LogP) is 3.37. The smallest absolute Gasteiger partial charge is 0.264 e. The molecule has 2 rings (SSSR count). The second kappa shape index (κ2) is 6.51. The highest BCUT2D eigenvalue weighted by Crippen LogP contribution is 2.21. The largest absolute Gasteiger partial charge is 0.309 e. The second-order valence-electron chi connectivity index (χ2n) is 3.87. The van der Waals surface area contributed by atoms with E-state index in [-0.39, 0.29) is 11.4 Å². The van der Waals surface area contributed by atoms with Gasteiger partial charge in [0.15, 0.2) is 0 Å². The number of rotatable bonds is 4. The topological polar surface area (TPSA) is 45.8 Å². The average Bonchev–Trinajstić information content (AvgIpc) is 2.41. The van der Waals surface area contributed by atoms with Crippen molar-refractivity contribution in [1.29, 1.82) is 0 Å². The molecular formula is C13H12FIN2OS. The van der Waals surface area contributed by atoms with Crippen LogP contribution in [0.15, 0.2) is 34.0 Å². The van der Waals surface area contributed by atoms with Crippen LogP contribution in [0.2, 0.25) is 0 Å². The maximum absolute atomic E-state index is 12.8. The number of nitrogens with zero attached hydrogens (tertiary/aromatic N) is 1. The molecule has 6 heteroatoms. The minimum absolute atomic E-state index is 0.0952. The highest BCUT2D eigenvalue weighted by molar-refractivity contribution is 14.1. The van der Waals surface area contributed by atoms with Crippen molar-refractivity contribution >= 4 is 34.4 Å². The Labute approximate surface area is 128 Å². The molecule has 1 aromatic carbocycles. The van der Waals surface area contributed by atoms with Gasteiger partial charge in [-0.15, -0.1) is 11.8 Å². The number of aromatic amines is 1. The summed E-state index contributed by atoms with van der Waals surface area (Å²) in [6.07, 6.45) is 0.733. The lowest BCUT2D eigenvalue weighted by molar-refractivity contribution is 0.626. The van der Waals surface area contributed by atoms with Crippen LogP contribution in [-0.2, 0) is 12.2 Å². The Kier molecular flexibility index (Phi) is 4.98. The Morgan fingerprint density at radius 2 is 2.05 bits per heavy atom. The van der Waals surface area contributed by atoms with Crippen molar-refractivity contribution in [3.8, 4) is 0 Å². The van der Waals surface area contributed by atoms with Crippen molar-refractivity contribution in [2.45, 2.75) is 24.0 Å². The highest BCUT2D eigenvalue weighted by Gasteiger charge is 2.07. The number of H-pyrrole nitrogens is 1. The minimum Gasteiger partial charge on any atom is -0.309 e. The van der Waals surface area contributed by atoms with E-state index in [0.29, 0.717) is 15.1 Å². The van der Waals surface area contributed by atoms with Crippen molar-refractivity contribution in [1.82, 2.24) is 9.97 Å². The summed E-state index contributed by atoms with van der Waals surface area (Å²) in [5, 5.41) is 0. The Morgan fingerprint density at radius 3 is 2.68 bits per heavy atom. The number of aromatic nitrogens is 2. The van der Waals surface area contributed by atoms with Gasteiger partial charge < -0.3 is 4.98 Å². The molecule has 0 unspecified atom stereocenters. The average molecular weight is 390 g/mol. The maximum Gasteiger partial charge on any atom is 0.264 e. The van der Waals surface area contributed by atoms with E-state index in [0.717, 1.165) is 17.0 Å². The number of aryl methyl sites for hydroxylation is 1. The zero-order valence-electron chi connectivity index (χ0n) is 10.2. The molecule has 0 aliphatic carbocycles. The first kappa shape index (κ1) is 14.5. The lowest BCUT2D eigenvalue weighted by Crippen LogP contribution is -2.17. The third-order valence-electron chi connectivity index (χ3n) is 2.50. The van der Waals surface area contributed by atoms with Crippen molar-refractivity contribution in [3.63, 3.8) is 0 Å². The van der Waals surface area contributed by atoms with E-state index in [1.807, 2.05) is 29.5 Å². The molecule has 19 heavy (non-hydrogen) atoms. The number of halogens is 2. The second-order valence-corrected chi connectivity index (χ2v) is 6.00. The molecule has 0 amide bonds. The Morgan fingerprint density at radius 1 is 1.37 bits per heavy atom. The van der Waals surface area contributed by atoms with Crippen LogP contribution in [0.25, 0.3) is 0 Å². The molecule has 0 bridgehead atoms. The zero-order chi connectivity index (χ0) is 13.8. The van der Waals surface area contributed by atoms with Gasteiger partial charge in [0.1, 0.15) is 11.6 Å². The standard InChI is InChI=1S/C13H12FIN2OS/c1-2-10-12(15)13(18)17-11(16-10)7-19-9-5-3-8(14)4-6-9/h3-6H,2,7H2,1H3,(H,16,17,18). The summed E-state index contributed by atoms with van der Waals surface area (Å²) in [5.74, 6) is 0.958. The van der Waals surface area contributed by atoms with Crippen LogP contribution in [0, 0.1) is 9.39 Å². The number of hydrogen-bond donors (Lipinski definition) is 1. The number of thioether (sulfide) groups is 1. The number of nitrogens with one attached hydrogen (secondary N) is 1. The highest BCUT2D eigenvalue weighted by atomic mass is 127. The Balaban J connectivity index is 2.13. The van der Waals surface area contributed by atoms with Gasteiger partial charge in [0.2, 0.25) is 0 Å². The Hall–Kier alpha value is -0.890. The van der Waals surface area contributed by atoms with Crippen LogP contribution in [0.1, 0.15) is 18.4 Å². The molecule has 0 fully saturated rings. The monoisotopic (exact) mass is 390 g/mol. The summed E-state index contributed by atoms with van der Waals surface area (Å²) in [6.45, 7) is 1.97. The quantitative estimate of drug-likeness (QED) is 0.643. The van der Waals surface area contributed by atoms with Gasteiger partial charge in [-0.3, -0.25) is 4.79 Å². The summed E-state index contributed by atoms with van der Waals surface area (Å²) < 4.78 is 13.4. The van der Waals surface area contributed by atoms with Gasteiger partial charge in [-0.05, 0) is 53.3 Å². The zero-order valence-corrected chi connectivity index (χ0v) is 13.2. The number of benzene rings is 1. The lowest BCUT2D eigenvalue weighted by Gasteiger charge is -2.05. The molecule has 0 spiro atoms. The van der Waals surface area contributed by atoms with Crippen LogP contribution < -0.4 is 5.56 Å². The first-order chi connectivity index (χ1) is 9.10. The van der Waals surface area contributed by atoms with Crippen molar-refractivity contribution < 1.29 is 4.39 Å². The third-order valence-corrected chi connectivity index (χ3v) is 4.64. The van der Waals surface area contributed by atoms with Gasteiger partial charge in [0.25, 0.3) is 5.56 Å². The summed E-state index contributed by atoms with van der Waals surface area (Å²) in [5.41, 5.74) is 0.723. The fourth-order valence-corrected chi connectivity index (χ4v) is 2.95. The first-order valence-corrected chi connectivity index (χ1v) is 7.82. The van der Waals surface area contributed by atoms with Crippen LogP contribution >= 0.6 is 34.4 Å². The molecule has 0 radical (unpaired) electrons. The molecule has 2 aromatic rings. The first-order valence-electron chi connectivity index (χ1n) is 5.76. The maximum atomic E-state index is 12.8. The summed E-state index contributed by atoms with van der Waals surface area (Å²) in [4.78, 5) is 19.8. The van der Waals surface area contributed by atoms with Gasteiger partial charge >= 0.3 is 0 Å². The van der Waals surface area contributed by atoms with Gasteiger partial charge in [0, 0.05) is 4.90 Å². The van der Waals surface area contributed by atoms with Crippen molar-refractivity contribution in [3.05, 3.63) is 55.5 Å². The summed E-state index contributed by atoms with van der Waals surface area (Å²) in [6, 6.07) is 6.27. The molecule has 100 valence electrons. The van der Waals surface area contributed by atoms with Crippen LogP contribution in [-0.4, -0.2) is 9.97 Å². The Bertz CT molecular complexity index is 628. The molecule has 0 atom stereocenters. The van der Waals surface area contributed by atoms with Crippen molar-refractivity contribution in [2.24, 2.45) is 0 Å². The molecule has 0 aliphatic rings. The minimum atomic E-state index is -0.251. The SMILES string of the molecule is CCc1nc(CSc2ccc(F)cc2)[nH]c(=O)c1I. The normalized spacial score (nSPS) is 10.7. The van der Waals surface area contributed by atoms with E-state index in [9.17, 15) is 9.18 Å². The fourth-order valence-electron chi connectivity index (χ4n) is 1.54. The van der Waals surface area contributed by atoms with Crippen LogP contribution in [0.4, 0.5) is 4.39 Å². The summed E-state index contributed by atoms with van der Waals surface area (Å²) >= 11 is 3.52. The van der Waals surface area contributed by atoms with Gasteiger partial charge in [-0.25, -0.2) is 9.37 Å². The van der Waals surface area contributed by atoms with Crippen LogP contribution in [0.3, 0.4) is 0 Å². The van der Waals surface area contributed by atoms with Gasteiger partial charge in [0.05, 0.1) is 15.0 Å². The van der Waals surface area contributed by atoms with E-state index < -0.39 is 0 Å². The van der Waals surface area contributed by atoms with E-state index in [4.69, 9.17) is 0 Å². The molecule has 0 aliphatic heterocycles. The van der Waals surface area contributed by atoms with Crippen LogP contribution in [0.5, 0.6) is 0 Å². The van der Waals surface area contributed by atoms with E-state index >= 15 is 0 Å². The summed E-state index contributed by atoms with van der Waals surface area (Å²) in [7, 11) is 0. The van der Waals surface area contributed by atoms with E-state index in [2.05, 4.69) is 9.97 Å². The van der Waals surface area contributed by atoms with Gasteiger partial charge in [-0.2, -0.15) is 0 Å². The predicted molar refractivity (Wildman–Crippen MR) is 82.9 cm³/mol. The van der Waals surface area contributed by atoms with E-state index in [1.165, 1.54) is 23.9 Å². The fraction of sp³-hybridized carbons (Fsp3) is 0.231. The molecular weight excluding hydrogens is 378 g/mol. The molecule has 0 saturated carbocycles. The molecule has 3 nitrogen and oxygen atoms in total.